The average molecular weight is 387 g/mol. The summed E-state index contributed by atoms with van der Waals surface area (Å²) in [4.78, 5) is 25.1. The smallest absolute Gasteiger partial charge is 0.236 e. The number of hydrogen-bond acceptors (Lipinski definition) is 4. The average Bonchev–Trinajstić information content (AvgIpc) is 3.16. The summed E-state index contributed by atoms with van der Waals surface area (Å²) in [6, 6.07) is 8.60. The van der Waals surface area contributed by atoms with Gasteiger partial charge in [0.05, 0.1) is 23.2 Å². The third-order valence-corrected chi connectivity index (χ3v) is 6.04. The number of thioether (sulfide) groups is 1. The zero-order chi connectivity index (χ0) is 19.4. The van der Waals surface area contributed by atoms with Gasteiger partial charge in [-0.1, -0.05) is 18.2 Å². The number of aromatic amines is 1. The fourth-order valence-corrected chi connectivity index (χ4v) is 4.01. The summed E-state index contributed by atoms with van der Waals surface area (Å²) in [5.41, 5.74) is 3.43. The number of hydrogen-bond donors (Lipinski definition) is 1. The Morgan fingerprint density at radius 2 is 2.22 bits per heavy atom. The van der Waals surface area contributed by atoms with Gasteiger partial charge in [-0.05, 0) is 63.7 Å². The lowest BCUT2D eigenvalue weighted by Crippen LogP contribution is -2.42. The number of H-pyrrole nitrogens is 1. The first-order valence-electron chi connectivity index (χ1n) is 9.62. The fourth-order valence-electron chi connectivity index (χ4n) is 3.67. The van der Waals surface area contributed by atoms with Crippen molar-refractivity contribution in [1.29, 1.82) is 0 Å². The maximum Gasteiger partial charge on any atom is 0.236 e. The van der Waals surface area contributed by atoms with Crippen molar-refractivity contribution in [2.45, 2.75) is 44.0 Å². The van der Waals surface area contributed by atoms with E-state index in [1.54, 1.807) is 11.8 Å². The van der Waals surface area contributed by atoms with E-state index in [1.807, 2.05) is 24.3 Å². The number of rotatable bonds is 6. The molecular weight excluding hydrogens is 356 g/mol. The standard InChI is InChI=1S/C21H30N4OS/c1-15(27-4)21(26)25-11-6-5-10-19(25)20-22-13-18(23-20)17-9-7-8-16(12-17)14-24(2)3/h7-9,12-13,15,19H,5-6,10-11,14H2,1-4H3,(H,22,23). The Balaban J connectivity index is 1.82. The lowest BCUT2D eigenvalue weighted by molar-refractivity contribution is -0.134. The molecular formula is C21H30N4OS. The highest BCUT2D eigenvalue weighted by Gasteiger charge is 2.32. The molecule has 1 saturated heterocycles. The number of piperidine rings is 1. The summed E-state index contributed by atoms with van der Waals surface area (Å²) in [6.07, 6.45) is 7.08. The number of imidazole rings is 1. The van der Waals surface area contributed by atoms with Crippen LogP contribution in [0.1, 0.15) is 43.6 Å². The molecule has 1 aliphatic heterocycles. The zero-order valence-electron chi connectivity index (χ0n) is 16.7. The molecule has 27 heavy (non-hydrogen) atoms. The fraction of sp³-hybridized carbons (Fsp3) is 0.524. The Labute approximate surface area is 166 Å². The van der Waals surface area contributed by atoms with Crippen LogP contribution in [0.5, 0.6) is 0 Å². The van der Waals surface area contributed by atoms with E-state index in [0.29, 0.717) is 0 Å². The van der Waals surface area contributed by atoms with Crippen molar-refractivity contribution in [2.24, 2.45) is 0 Å². The molecule has 1 aromatic heterocycles. The Morgan fingerprint density at radius 1 is 1.41 bits per heavy atom. The highest BCUT2D eigenvalue weighted by molar-refractivity contribution is 7.99. The van der Waals surface area contributed by atoms with Crippen LogP contribution in [0.15, 0.2) is 30.5 Å². The lowest BCUT2D eigenvalue weighted by Gasteiger charge is -2.36. The summed E-state index contributed by atoms with van der Waals surface area (Å²) < 4.78 is 0. The maximum absolute atomic E-state index is 12.8. The number of likely N-dealkylation sites (tertiary alicyclic amines) is 1. The minimum atomic E-state index is -0.0113. The van der Waals surface area contributed by atoms with Gasteiger partial charge in [0, 0.05) is 13.1 Å². The Hall–Kier alpha value is -1.79. The molecule has 3 rings (SSSR count). The molecule has 1 aromatic carbocycles. The van der Waals surface area contributed by atoms with E-state index in [-0.39, 0.29) is 17.2 Å². The highest BCUT2D eigenvalue weighted by atomic mass is 32.2. The SMILES string of the molecule is CSC(C)C(=O)N1CCCCC1c1ncc(-c2cccc(CN(C)C)c2)[nH]1. The second kappa shape index (κ2) is 8.93. The summed E-state index contributed by atoms with van der Waals surface area (Å²) in [5, 5.41) is -0.0113. The topological polar surface area (TPSA) is 52.2 Å². The molecule has 2 unspecified atom stereocenters. The van der Waals surface area contributed by atoms with E-state index >= 15 is 0 Å². The largest absolute Gasteiger partial charge is 0.340 e. The molecule has 0 bridgehead atoms. The van der Waals surface area contributed by atoms with Gasteiger partial charge in [-0.3, -0.25) is 4.79 Å². The number of amides is 1. The molecule has 1 aliphatic rings. The van der Waals surface area contributed by atoms with Gasteiger partial charge in [0.15, 0.2) is 0 Å². The molecule has 2 atom stereocenters. The van der Waals surface area contributed by atoms with Crippen molar-refractivity contribution in [2.75, 3.05) is 26.9 Å². The molecule has 146 valence electrons. The first-order valence-corrected chi connectivity index (χ1v) is 10.9. The first kappa shape index (κ1) is 20.0. The van der Waals surface area contributed by atoms with Crippen LogP contribution in [0.3, 0.4) is 0 Å². The molecule has 0 aliphatic carbocycles. The minimum absolute atomic E-state index is 0.0113. The van der Waals surface area contributed by atoms with Crippen LogP contribution in [0.2, 0.25) is 0 Å². The molecule has 2 heterocycles. The minimum Gasteiger partial charge on any atom is -0.340 e. The van der Waals surface area contributed by atoms with E-state index in [0.717, 1.165) is 49.4 Å². The molecule has 1 fully saturated rings. The van der Waals surface area contributed by atoms with Crippen LogP contribution in [0, 0.1) is 0 Å². The number of aromatic nitrogens is 2. The number of benzene rings is 1. The second-order valence-corrected chi connectivity index (χ2v) is 8.72. The monoisotopic (exact) mass is 386 g/mol. The van der Waals surface area contributed by atoms with Crippen LogP contribution in [-0.4, -0.2) is 57.8 Å². The quantitative estimate of drug-likeness (QED) is 0.817. The van der Waals surface area contributed by atoms with Crippen LogP contribution in [-0.2, 0) is 11.3 Å². The van der Waals surface area contributed by atoms with Gasteiger partial charge in [-0.2, -0.15) is 11.8 Å². The van der Waals surface area contributed by atoms with Gasteiger partial charge >= 0.3 is 0 Å². The second-order valence-electron chi connectivity index (χ2n) is 7.54. The molecule has 2 aromatic rings. The highest BCUT2D eigenvalue weighted by Crippen LogP contribution is 2.32. The van der Waals surface area contributed by atoms with Crippen LogP contribution in [0.4, 0.5) is 0 Å². The summed E-state index contributed by atoms with van der Waals surface area (Å²) in [5.74, 6) is 1.13. The Morgan fingerprint density at radius 3 is 2.96 bits per heavy atom. The van der Waals surface area contributed by atoms with Crippen molar-refractivity contribution >= 4 is 17.7 Å². The summed E-state index contributed by atoms with van der Waals surface area (Å²) >= 11 is 1.61. The van der Waals surface area contributed by atoms with Crippen molar-refractivity contribution in [3.8, 4) is 11.3 Å². The van der Waals surface area contributed by atoms with Gasteiger partial charge < -0.3 is 14.8 Å². The third-order valence-electron chi connectivity index (χ3n) is 5.14. The van der Waals surface area contributed by atoms with Gasteiger partial charge in [0.25, 0.3) is 0 Å². The van der Waals surface area contributed by atoms with Gasteiger partial charge in [-0.15, -0.1) is 0 Å². The van der Waals surface area contributed by atoms with E-state index in [9.17, 15) is 4.79 Å². The van der Waals surface area contributed by atoms with Crippen molar-refractivity contribution in [1.82, 2.24) is 19.8 Å². The van der Waals surface area contributed by atoms with E-state index in [1.165, 1.54) is 5.56 Å². The van der Waals surface area contributed by atoms with E-state index < -0.39 is 0 Å². The number of carbonyl (C=O) groups excluding carboxylic acids is 1. The van der Waals surface area contributed by atoms with Crippen molar-refractivity contribution in [3.63, 3.8) is 0 Å². The number of nitrogens with one attached hydrogen (secondary N) is 1. The third kappa shape index (κ3) is 4.74. The molecule has 0 spiro atoms. The molecule has 1 N–H and O–H groups in total. The lowest BCUT2D eigenvalue weighted by atomic mass is 10.0. The summed E-state index contributed by atoms with van der Waals surface area (Å²) in [6.45, 7) is 3.72. The Bertz CT molecular complexity index is 773. The van der Waals surface area contributed by atoms with E-state index in [2.05, 4.69) is 53.2 Å². The predicted molar refractivity (Wildman–Crippen MR) is 113 cm³/mol. The number of carbonyl (C=O) groups is 1. The van der Waals surface area contributed by atoms with E-state index in [4.69, 9.17) is 0 Å². The molecule has 1 amide bonds. The van der Waals surface area contributed by atoms with Crippen molar-refractivity contribution < 1.29 is 4.79 Å². The molecule has 5 nitrogen and oxygen atoms in total. The molecule has 0 saturated carbocycles. The van der Waals surface area contributed by atoms with Crippen LogP contribution in [0.25, 0.3) is 11.3 Å². The molecule has 6 heteroatoms. The van der Waals surface area contributed by atoms with Gasteiger partial charge in [0.2, 0.25) is 5.91 Å². The summed E-state index contributed by atoms with van der Waals surface area (Å²) in [7, 11) is 4.15. The zero-order valence-corrected chi connectivity index (χ0v) is 17.6. The van der Waals surface area contributed by atoms with Crippen molar-refractivity contribution in [3.05, 3.63) is 41.9 Å². The van der Waals surface area contributed by atoms with Gasteiger partial charge in [-0.25, -0.2) is 4.98 Å². The van der Waals surface area contributed by atoms with Crippen LogP contribution >= 0.6 is 11.8 Å². The maximum atomic E-state index is 12.8. The Kier molecular flexibility index (Phi) is 6.60. The van der Waals surface area contributed by atoms with Gasteiger partial charge in [0.1, 0.15) is 5.82 Å². The molecule has 0 radical (unpaired) electrons. The first-order chi connectivity index (χ1) is 13.0. The van der Waals surface area contributed by atoms with Crippen LogP contribution < -0.4 is 0 Å². The normalized spacial score (nSPS) is 18.7. The number of nitrogens with zero attached hydrogens (tertiary/aromatic N) is 3. The predicted octanol–water partition coefficient (Wildman–Crippen LogP) is 3.94.